The van der Waals surface area contributed by atoms with E-state index in [9.17, 15) is 4.79 Å². The summed E-state index contributed by atoms with van der Waals surface area (Å²) in [4.78, 5) is 20.5. The molecule has 39 heavy (non-hydrogen) atoms. The predicted octanol–water partition coefficient (Wildman–Crippen LogP) is 6.77. The third-order valence-corrected chi connectivity index (χ3v) is 7.41. The van der Waals surface area contributed by atoms with Crippen molar-refractivity contribution >= 4 is 39.3 Å². The van der Waals surface area contributed by atoms with Crippen molar-refractivity contribution in [1.29, 1.82) is 0 Å². The zero-order chi connectivity index (χ0) is 25.9. The molecule has 4 aromatic carbocycles. The Kier molecular flexibility index (Phi) is 4.66. The van der Waals surface area contributed by atoms with Gasteiger partial charge >= 0.3 is 6.09 Å². The third kappa shape index (κ3) is 3.58. The minimum absolute atomic E-state index is 0.371. The maximum Gasteiger partial charge on any atom is 0.434 e. The lowest BCUT2D eigenvalue weighted by atomic mass is 10.0. The van der Waals surface area contributed by atoms with E-state index in [1.807, 2.05) is 73.1 Å². The number of fused-ring (bicyclic) bond motifs is 4. The van der Waals surface area contributed by atoms with Crippen molar-refractivity contribution in [1.82, 2.24) is 25.3 Å². The molecular formula is C30H22N6O3. The van der Waals surface area contributed by atoms with Crippen LogP contribution >= 0.6 is 0 Å². The molecular weight excluding hydrogens is 492 g/mol. The Labute approximate surface area is 222 Å². The van der Waals surface area contributed by atoms with Crippen LogP contribution in [0, 0.1) is 0 Å². The molecule has 2 aromatic heterocycles. The lowest BCUT2D eigenvalue weighted by molar-refractivity contribution is 0.0797. The molecule has 0 unspecified atom stereocenters. The van der Waals surface area contributed by atoms with Gasteiger partial charge in [-0.05, 0) is 77.2 Å². The maximum atomic E-state index is 12.9. The smallest absolute Gasteiger partial charge is 0.434 e. The molecule has 1 fully saturated rings. The molecule has 2 aliphatic rings. The molecule has 0 radical (unpaired) electrons. The second kappa shape index (κ2) is 8.35. The van der Waals surface area contributed by atoms with Crippen LogP contribution in [0.1, 0.15) is 6.42 Å². The number of H-pyrrole nitrogens is 2. The Balaban J connectivity index is 1.21. The Morgan fingerprint density at radius 3 is 1.74 bits per heavy atom. The summed E-state index contributed by atoms with van der Waals surface area (Å²) in [5.41, 5.74) is 7.32. The molecule has 190 valence electrons. The number of hydrogen-bond acceptors (Lipinski definition) is 6. The fourth-order valence-electron chi connectivity index (χ4n) is 5.11. The average molecular weight is 515 g/mol. The second-order valence-electron chi connectivity index (χ2n) is 9.80. The first-order valence-corrected chi connectivity index (χ1v) is 12.8. The molecule has 2 N–H and O–H groups in total. The molecule has 1 amide bonds. The minimum atomic E-state index is -0.371. The summed E-state index contributed by atoms with van der Waals surface area (Å²) in [6, 6.07) is 24.1. The Morgan fingerprint density at radius 1 is 0.718 bits per heavy atom. The highest BCUT2D eigenvalue weighted by molar-refractivity contribution is 5.88. The number of likely N-dealkylation sites (tertiary alicyclic amines) is 1. The molecule has 0 atom stereocenters. The van der Waals surface area contributed by atoms with Gasteiger partial charge in [-0.2, -0.15) is 15.3 Å². The Bertz CT molecular complexity index is 1780. The van der Waals surface area contributed by atoms with Gasteiger partial charge in [0.2, 0.25) is 0 Å². The van der Waals surface area contributed by atoms with Gasteiger partial charge in [-0.25, -0.2) is 4.79 Å². The molecule has 2 aliphatic heterocycles. The zero-order valence-electron chi connectivity index (χ0n) is 20.7. The lowest BCUT2D eigenvalue weighted by Crippen LogP contribution is -2.44. The zero-order valence-corrected chi connectivity index (χ0v) is 20.7. The van der Waals surface area contributed by atoms with Crippen LogP contribution in [0.25, 0.3) is 44.1 Å². The fraction of sp³-hybridized carbons (Fsp3) is 0.100. The van der Waals surface area contributed by atoms with Gasteiger partial charge in [0.1, 0.15) is 11.4 Å². The van der Waals surface area contributed by atoms with E-state index in [2.05, 4.69) is 32.5 Å². The molecule has 4 heterocycles. The Hall–Kier alpha value is -5.31. The fourth-order valence-corrected chi connectivity index (χ4v) is 5.11. The number of ether oxygens (including phenoxy) is 1. The summed E-state index contributed by atoms with van der Waals surface area (Å²) < 4.78 is 6.48. The van der Waals surface area contributed by atoms with E-state index in [4.69, 9.17) is 9.57 Å². The summed E-state index contributed by atoms with van der Waals surface area (Å²) in [6.45, 7) is 1.40. The van der Waals surface area contributed by atoms with Crippen molar-refractivity contribution in [2.75, 3.05) is 18.2 Å². The largest absolute Gasteiger partial charge is 0.453 e. The van der Waals surface area contributed by atoms with Gasteiger partial charge in [0.05, 0.1) is 23.4 Å². The van der Waals surface area contributed by atoms with E-state index in [0.717, 1.165) is 50.5 Å². The average Bonchev–Trinajstić information content (AvgIpc) is 3.60. The van der Waals surface area contributed by atoms with Crippen molar-refractivity contribution in [3.63, 3.8) is 0 Å². The van der Waals surface area contributed by atoms with Gasteiger partial charge in [-0.3, -0.25) is 10.2 Å². The van der Waals surface area contributed by atoms with Crippen LogP contribution in [0.3, 0.4) is 0 Å². The maximum absolute atomic E-state index is 12.9. The van der Waals surface area contributed by atoms with Gasteiger partial charge in [0.25, 0.3) is 0 Å². The van der Waals surface area contributed by atoms with E-state index in [1.54, 1.807) is 9.96 Å². The highest BCUT2D eigenvalue weighted by Gasteiger charge is 2.31. The van der Waals surface area contributed by atoms with Crippen molar-refractivity contribution in [3.8, 4) is 33.8 Å². The highest BCUT2D eigenvalue weighted by atomic mass is 16.7. The van der Waals surface area contributed by atoms with E-state index in [1.165, 1.54) is 0 Å². The van der Waals surface area contributed by atoms with Crippen LogP contribution in [0.5, 0.6) is 11.5 Å². The molecule has 0 saturated carbocycles. The van der Waals surface area contributed by atoms with E-state index < -0.39 is 0 Å². The number of carbonyl (C=O) groups is 1. The molecule has 0 bridgehead atoms. The SMILES string of the molecule is O=C(ON1c2ccc(-c3ccc4[nH]ncc4c3)cc2Oc2cc(-c3ccc4[nH]ncc4c3)ccc21)N1CCC1. The highest BCUT2D eigenvalue weighted by Crippen LogP contribution is 2.49. The standard InChI is InChI=1S/C30H22N6O3/c37-30(35-10-1-11-35)39-36-26-8-4-20(18-2-6-24-22(12-18)16-31-33-24)14-28(26)38-29-15-21(5-9-27(29)36)19-3-7-25-23(13-19)17-32-34-25/h2-9,12-17H,1,10-11H2,(H,31,33)(H,32,34). The molecule has 1 saturated heterocycles. The summed E-state index contributed by atoms with van der Waals surface area (Å²) in [5, 5.41) is 17.9. The summed E-state index contributed by atoms with van der Waals surface area (Å²) in [6.07, 6.45) is 4.23. The lowest BCUT2D eigenvalue weighted by Gasteiger charge is -2.35. The molecule has 8 rings (SSSR count). The van der Waals surface area contributed by atoms with Crippen LogP contribution in [0.4, 0.5) is 16.2 Å². The Morgan fingerprint density at radius 2 is 1.23 bits per heavy atom. The summed E-state index contributed by atoms with van der Waals surface area (Å²) >= 11 is 0. The van der Waals surface area contributed by atoms with Crippen molar-refractivity contribution in [2.24, 2.45) is 0 Å². The predicted molar refractivity (Wildman–Crippen MR) is 148 cm³/mol. The minimum Gasteiger partial charge on any atom is -0.453 e. The molecule has 9 nitrogen and oxygen atoms in total. The number of nitrogens with zero attached hydrogens (tertiary/aromatic N) is 4. The van der Waals surface area contributed by atoms with Crippen LogP contribution in [0.2, 0.25) is 0 Å². The van der Waals surface area contributed by atoms with Crippen molar-refractivity contribution < 1.29 is 14.4 Å². The van der Waals surface area contributed by atoms with Crippen LogP contribution in [0.15, 0.2) is 85.2 Å². The normalized spacial score (nSPS) is 14.1. The van der Waals surface area contributed by atoms with E-state index in [-0.39, 0.29) is 6.09 Å². The number of nitrogens with one attached hydrogen (secondary N) is 2. The first kappa shape index (κ1) is 21.7. The number of benzene rings is 4. The number of rotatable bonds is 3. The number of anilines is 2. The van der Waals surface area contributed by atoms with Gasteiger partial charge in [0.15, 0.2) is 11.5 Å². The van der Waals surface area contributed by atoms with Gasteiger partial charge < -0.3 is 14.5 Å². The topological polar surface area (TPSA) is 99.4 Å². The third-order valence-electron chi connectivity index (χ3n) is 7.41. The van der Waals surface area contributed by atoms with Crippen LogP contribution in [-0.2, 0) is 4.84 Å². The van der Waals surface area contributed by atoms with Gasteiger partial charge in [-0.1, -0.05) is 24.3 Å². The number of amides is 1. The van der Waals surface area contributed by atoms with E-state index in [0.29, 0.717) is 36.0 Å². The number of hydrogen-bond donors (Lipinski definition) is 2. The quantitative estimate of drug-likeness (QED) is 0.270. The van der Waals surface area contributed by atoms with Crippen LogP contribution in [-0.4, -0.2) is 44.5 Å². The van der Waals surface area contributed by atoms with Gasteiger partial charge in [-0.15, -0.1) is 0 Å². The number of aromatic amines is 2. The molecule has 0 aliphatic carbocycles. The van der Waals surface area contributed by atoms with Crippen molar-refractivity contribution in [2.45, 2.75) is 6.42 Å². The number of aromatic nitrogens is 4. The number of carbonyl (C=O) groups excluding carboxylic acids is 1. The molecule has 9 heteroatoms. The monoisotopic (exact) mass is 514 g/mol. The van der Waals surface area contributed by atoms with Gasteiger partial charge in [0, 0.05) is 23.9 Å². The van der Waals surface area contributed by atoms with Crippen molar-refractivity contribution in [3.05, 3.63) is 85.2 Å². The van der Waals surface area contributed by atoms with Crippen LogP contribution < -0.4 is 9.80 Å². The first-order valence-electron chi connectivity index (χ1n) is 12.8. The van der Waals surface area contributed by atoms with E-state index >= 15 is 0 Å². The summed E-state index contributed by atoms with van der Waals surface area (Å²) in [5.74, 6) is 1.21. The second-order valence-corrected chi connectivity index (χ2v) is 9.80. The first-order chi connectivity index (χ1) is 19.2. The molecule has 6 aromatic rings. The molecule has 0 spiro atoms. The summed E-state index contributed by atoms with van der Waals surface area (Å²) in [7, 11) is 0.